The lowest BCUT2D eigenvalue weighted by Gasteiger charge is -2.10. The number of hydrogen-bond donors (Lipinski definition) is 1. The second-order valence-corrected chi connectivity index (χ2v) is 6.87. The van der Waals surface area contributed by atoms with Gasteiger partial charge in [-0.15, -0.1) is 0 Å². The molecule has 0 bridgehead atoms. The van der Waals surface area contributed by atoms with E-state index >= 15 is 0 Å². The molecule has 0 atom stereocenters. The first-order chi connectivity index (χ1) is 7.26. The highest BCUT2D eigenvalue weighted by Gasteiger charge is 2.23. The van der Waals surface area contributed by atoms with Crippen molar-refractivity contribution in [2.24, 2.45) is 0 Å². The van der Waals surface area contributed by atoms with Gasteiger partial charge in [-0.1, -0.05) is 0 Å². The summed E-state index contributed by atoms with van der Waals surface area (Å²) in [6.07, 6.45) is 0. The molecular formula is C10H11BrO4S. The van der Waals surface area contributed by atoms with Crippen LogP contribution in [-0.4, -0.2) is 24.7 Å². The number of aromatic carboxylic acids is 1. The van der Waals surface area contributed by atoms with Gasteiger partial charge in [0, 0.05) is 4.47 Å². The molecule has 16 heavy (non-hydrogen) atoms. The smallest absolute Gasteiger partial charge is 0.335 e. The SMILES string of the molecule is CC(C)S(=O)(=O)c1cc(C(=O)O)ccc1Br. The Hall–Kier alpha value is -0.880. The standard InChI is InChI=1S/C10H11BrO4S/c1-6(2)16(14,15)9-5-7(10(12)13)3-4-8(9)11/h3-6H,1-2H3,(H,12,13). The lowest BCUT2D eigenvalue weighted by Crippen LogP contribution is -2.15. The third kappa shape index (κ3) is 2.44. The predicted molar refractivity (Wildman–Crippen MR) is 63.4 cm³/mol. The van der Waals surface area contributed by atoms with Crippen molar-refractivity contribution in [3.8, 4) is 0 Å². The number of hydrogen-bond acceptors (Lipinski definition) is 3. The van der Waals surface area contributed by atoms with Crippen LogP contribution >= 0.6 is 15.9 Å². The molecule has 0 aliphatic carbocycles. The molecule has 0 saturated heterocycles. The van der Waals surface area contributed by atoms with Gasteiger partial charge in [-0.25, -0.2) is 13.2 Å². The quantitative estimate of drug-likeness (QED) is 0.930. The number of rotatable bonds is 3. The van der Waals surface area contributed by atoms with Crippen LogP contribution in [0.1, 0.15) is 24.2 Å². The first kappa shape index (κ1) is 13.2. The molecular weight excluding hydrogens is 296 g/mol. The van der Waals surface area contributed by atoms with Gasteiger partial charge in [0.15, 0.2) is 9.84 Å². The summed E-state index contributed by atoms with van der Waals surface area (Å²) in [6.45, 7) is 3.10. The minimum Gasteiger partial charge on any atom is -0.478 e. The van der Waals surface area contributed by atoms with Gasteiger partial charge < -0.3 is 5.11 Å². The van der Waals surface area contributed by atoms with Crippen LogP contribution in [0.25, 0.3) is 0 Å². The first-order valence-corrected chi connectivity index (χ1v) is 6.87. The van der Waals surface area contributed by atoms with Crippen molar-refractivity contribution in [3.63, 3.8) is 0 Å². The van der Waals surface area contributed by atoms with Crippen LogP contribution in [0.4, 0.5) is 0 Å². The van der Waals surface area contributed by atoms with Crippen LogP contribution in [0.15, 0.2) is 27.6 Å². The maximum absolute atomic E-state index is 11.9. The van der Waals surface area contributed by atoms with E-state index in [9.17, 15) is 13.2 Å². The van der Waals surface area contributed by atoms with Crippen molar-refractivity contribution in [1.29, 1.82) is 0 Å². The van der Waals surface area contributed by atoms with Crippen molar-refractivity contribution in [1.82, 2.24) is 0 Å². The molecule has 88 valence electrons. The summed E-state index contributed by atoms with van der Waals surface area (Å²) in [6, 6.07) is 3.95. The summed E-state index contributed by atoms with van der Waals surface area (Å²) >= 11 is 3.11. The summed E-state index contributed by atoms with van der Waals surface area (Å²) in [5.41, 5.74) is -0.0394. The highest BCUT2D eigenvalue weighted by molar-refractivity contribution is 9.10. The van der Waals surface area contributed by atoms with E-state index in [4.69, 9.17) is 5.11 Å². The fraction of sp³-hybridized carbons (Fsp3) is 0.300. The second kappa shape index (κ2) is 4.55. The van der Waals surface area contributed by atoms with Crippen molar-refractivity contribution >= 4 is 31.7 Å². The summed E-state index contributed by atoms with van der Waals surface area (Å²) < 4.78 is 24.2. The number of sulfone groups is 1. The summed E-state index contributed by atoms with van der Waals surface area (Å²) in [4.78, 5) is 10.8. The molecule has 0 unspecified atom stereocenters. The van der Waals surface area contributed by atoms with Gasteiger partial charge in [-0.2, -0.15) is 0 Å². The zero-order chi connectivity index (χ0) is 12.5. The number of carbonyl (C=O) groups is 1. The molecule has 1 aromatic rings. The normalized spacial score (nSPS) is 11.8. The van der Waals surface area contributed by atoms with E-state index in [1.807, 2.05) is 0 Å². The van der Waals surface area contributed by atoms with Crippen LogP contribution in [-0.2, 0) is 9.84 Å². The Morgan fingerprint density at radius 3 is 2.38 bits per heavy atom. The summed E-state index contributed by atoms with van der Waals surface area (Å²) in [7, 11) is -3.47. The largest absolute Gasteiger partial charge is 0.478 e. The van der Waals surface area contributed by atoms with Gasteiger partial charge in [-0.05, 0) is 48.0 Å². The van der Waals surface area contributed by atoms with Crippen LogP contribution in [0, 0.1) is 0 Å². The van der Waals surface area contributed by atoms with Crippen LogP contribution in [0.5, 0.6) is 0 Å². The average molecular weight is 307 g/mol. The maximum atomic E-state index is 11.9. The molecule has 0 aliphatic rings. The fourth-order valence-corrected chi connectivity index (χ4v) is 3.17. The minimum atomic E-state index is -3.47. The number of carboxylic acid groups (broad SMARTS) is 1. The Morgan fingerprint density at radius 2 is 1.94 bits per heavy atom. The lowest BCUT2D eigenvalue weighted by atomic mass is 10.2. The van der Waals surface area contributed by atoms with Gasteiger partial charge in [0.2, 0.25) is 0 Å². The maximum Gasteiger partial charge on any atom is 0.335 e. The molecule has 6 heteroatoms. The van der Waals surface area contributed by atoms with E-state index in [0.29, 0.717) is 4.47 Å². The van der Waals surface area contributed by atoms with E-state index in [0.717, 1.165) is 0 Å². The highest BCUT2D eigenvalue weighted by Crippen LogP contribution is 2.26. The zero-order valence-corrected chi connectivity index (χ0v) is 11.2. The second-order valence-electron chi connectivity index (χ2n) is 3.54. The molecule has 1 aromatic carbocycles. The molecule has 0 aromatic heterocycles. The Morgan fingerprint density at radius 1 is 1.38 bits per heavy atom. The number of carboxylic acids is 1. The molecule has 0 spiro atoms. The third-order valence-electron chi connectivity index (χ3n) is 2.11. The zero-order valence-electron chi connectivity index (χ0n) is 8.77. The molecule has 0 radical (unpaired) electrons. The average Bonchev–Trinajstić information content (AvgIpc) is 2.17. The van der Waals surface area contributed by atoms with E-state index in [2.05, 4.69) is 15.9 Å². The van der Waals surface area contributed by atoms with Gasteiger partial charge in [0.25, 0.3) is 0 Å². The summed E-state index contributed by atoms with van der Waals surface area (Å²) in [5.74, 6) is -1.15. The van der Waals surface area contributed by atoms with Crippen molar-refractivity contribution in [3.05, 3.63) is 28.2 Å². The van der Waals surface area contributed by atoms with Gasteiger partial charge in [0.05, 0.1) is 15.7 Å². The molecule has 0 saturated carbocycles. The van der Waals surface area contributed by atoms with E-state index in [1.54, 1.807) is 13.8 Å². The molecule has 0 fully saturated rings. The Balaban J connectivity index is 3.45. The lowest BCUT2D eigenvalue weighted by molar-refractivity contribution is 0.0696. The van der Waals surface area contributed by atoms with Crippen molar-refractivity contribution in [2.45, 2.75) is 24.0 Å². The monoisotopic (exact) mass is 306 g/mol. The van der Waals surface area contributed by atoms with Crippen molar-refractivity contribution in [2.75, 3.05) is 0 Å². The van der Waals surface area contributed by atoms with E-state index in [1.165, 1.54) is 18.2 Å². The molecule has 0 amide bonds. The molecule has 0 aliphatic heterocycles. The fourth-order valence-electron chi connectivity index (χ4n) is 1.11. The number of benzene rings is 1. The van der Waals surface area contributed by atoms with Gasteiger partial charge >= 0.3 is 5.97 Å². The number of halogens is 1. The van der Waals surface area contributed by atoms with Crippen LogP contribution in [0.2, 0.25) is 0 Å². The molecule has 0 heterocycles. The topological polar surface area (TPSA) is 71.4 Å². The van der Waals surface area contributed by atoms with E-state index in [-0.39, 0.29) is 10.5 Å². The van der Waals surface area contributed by atoms with Crippen LogP contribution in [0.3, 0.4) is 0 Å². The molecule has 1 rings (SSSR count). The van der Waals surface area contributed by atoms with E-state index < -0.39 is 21.1 Å². The highest BCUT2D eigenvalue weighted by atomic mass is 79.9. The van der Waals surface area contributed by atoms with Crippen LogP contribution < -0.4 is 0 Å². The van der Waals surface area contributed by atoms with Gasteiger partial charge in [0.1, 0.15) is 0 Å². The third-order valence-corrected chi connectivity index (χ3v) is 5.25. The Labute approximate surface area is 102 Å². The first-order valence-electron chi connectivity index (χ1n) is 4.53. The molecule has 4 nitrogen and oxygen atoms in total. The Bertz CT molecular complexity index is 520. The van der Waals surface area contributed by atoms with Gasteiger partial charge in [-0.3, -0.25) is 0 Å². The predicted octanol–water partition coefficient (Wildman–Crippen LogP) is 2.33. The van der Waals surface area contributed by atoms with Crippen molar-refractivity contribution < 1.29 is 18.3 Å². The summed E-state index contributed by atoms with van der Waals surface area (Å²) in [5, 5.41) is 8.20. The Kier molecular flexibility index (Phi) is 3.75. The molecule has 1 N–H and O–H groups in total. The minimum absolute atomic E-state index is 0.0161.